The van der Waals surface area contributed by atoms with Gasteiger partial charge in [-0.05, 0) is 11.6 Å². The summed E-state index contributed by atoms with van der Waals surface area (Å²) in [5, 5.41) is 0. The van der Waals surface area contributed by atoms with E-state index in [0.29, 0.717) is 24.4 Å². The van der Waals surface area contributed by atoms with Gasteiger partial charge in [0, 0.05) is 37.2 Å². The third-order valence-corrected chi connectivity index (χ3v) is 4.55. The summed E-state index contributed by atoms with van der Waals surface area (Å²) in [5.74, 6) is 0.629. The smallest absolute Gasteiger partial charge is 0.387 e. The summed E-state index contributed by atoms with van der Waals surface area (Å²) in [6.45, 7) is -0.939. The number of para-hydroxylation sites is 1. The molecule has 0 unspecified atom stereocenters. The largest absolute Gasteiger partial charge is 0.493 e. The van der Waals surface area contributed by atoms with Gasteiger partial charge in [-0.2, -0.15) is 8.78 Å². The second-order valence-electron chi connectivity index (χ2n) is 6.20. The summed E-state index contributed by atoms with van der Waals surface area (Å²) in [7, 11) is 1.44. The minimum absolute atomic E-state index is 0. The van der Waals surface area contributed by atoms with E-state index in [1.807, 2.05) is 18.2 Å². The van der Waals surface area contributed by atoms with Crippen molar-refractivity contribution in [2.75, 3.05) is 20.2 Å². The second kappa shape index (κ2) is 9.16. The molecule has 1 aliphatic heterocycles. The number of methoxy groups -OCH3 is 1. The molecule has 0 aromatic heterocycles. The van der Waals surface area contributed by atoms with Crippen LogP contribution in [0.2, 0.25) is 0 Å². The summed E-state index contributed by atoms with van der Waals surface area (Å²) >= 11 is 0. The molecule has 1 aliphatic rings. The van der Waals surface area contributed by atoms with Crippen LogP contribution >= 0.6 is 12.4 Å². The molecule has 2 atom stereocenters. The molecule has 0 bridgehead atoms. The Kier molecular flexibility index (Phi) is 7.20. The van der Waals surface area contributed by atoms with Crippen LogP contribution in [0, 0.1) is 0 Å². The molecule has 7 heteroatoms. The van der Waals surface area contributed by atoms with E-state index in [1.54, 1.807) is 18.2 Å². The highest BCUT2D eigenvalue weighted by Crippen LogP contribution is 2.35. The molecule has 1 heterocycles. The van der Waals surface area contributed by atoms with Crippen molar-refractivity contribution in [3.63, 3.8) is 0 Å². The van der Waals surface area contributed by atoms with Crippen molar-refractivity contribution in [3.05, 3.63) is 59.7 Å². The van der Waals surface area contributed by atoms with Crippen LogP contribution in [0.4, 0.5) is 8.78 Å². The van der Waals surface area contributed by atoms with Crippen LogP contribution < -0.4 is 15.2 Å². The molecule has 0 aliphatic carbocycles. The molecule has 26 heavy (non-hydrogen) atoms. The quantitative estimate of drug-likeness (QED) is 0.826. The zero-order chi connectivity index (χ0) is 17.8. The van der Waals surface area contributed by atoms with Crippen molar-refractivity contribution in [2.45, 2.75) is 25.1 Å². The molecule has 142 valence electrons. The molecule has 3 rings (SSSR count). The maximum absolute atomic E-state index is 12.8. The lowest BCUT2D eigenvalue weighted by Gasteiger charge is -2.20. The average molecular weight is 385 g/mol. The topological polar surface area (TPSA) is 47.7 Å². The van der Waals surface area contributed by atoms with Crippen LogP contribution in [0.5, 0.6) is 11.5 Å². The van der Waals surface area contributed by atoms with Crippen molar-refractivity contribution >= 4 is 12.4 Å². The Hall–Kier alpha value is -1.89. The number of benzene rings is 2. The van der Waals surface area contributed by atoms with Crippen LogP contribution in [0.25, 0.3) is 0 Å². The molecular formula is C19H23ClF2N2O2. The summed E-state index contributed by atoms with van der Waals surface area (Å²) in [4.78, 5) is 2.16. The first kappa shape index (κ1) is 20.4. The Balaban J connectivity index is 0.00000243. The highest BCUT2D eigenvalue weighted by Gasteiger charge is 2.31. The molecule has 2 aromatic rings. The lowest BCUT2D eigenvalue weighted by Crippen LogP contribution is -2.28. The van der Waals surface area contributed by atoms with Crippen LogP contribution in [0.3, 0.4) is 0 Å². The minimum atomic E-state index is -2.90. The van der Waals surface area contributed by atoms with Crippen LogP contribution in [-0.2, 0) is 6.54 Å². The van der Waals surface area contributed by atoms with E-state index in [9.17, 15) is 8.78 Å². The van der Waals surface area contributed by atoms with Gasteiger partial charge in [0.15, 0.2) is 11.5 Å². The number of likely N-dealkylation sites (tertiary alicyclic amines) is 1. The number of nitrogens with two attached hydrogens (primary N) is 1. The summed E-state index contributed by atoms with van der Waals surface area (Å²) in [5.41, 5.74) is 8.18. The molecule has 1 saturated heterocycles. The van der Waals surface area contributed by atoms with Crippen molar-refractivity contribution in [3.8, 4) is 11.5 Å². The van der Waals surface area contributed by atoms with Crippen LogP contribution in [0.15, 0.2) is 48.5 Å². The standard InChI is InChI=1S/C19H22F2N2O2.ClH/c1-24-17-9-5-8-14(18(17)25-19(20)21)10-23-11-15(16(22)12-23)13-6-3-2-4-7-13;/h2-9,15-16,19H,10-12,22H2,1H3;1H/t15-,16+;/m0./s1. The van der Waals surface area contributed by atoms with Gasteiger partial charge in [-0.15, -0.1) is 12.4 Å². The number of nitrogens with zero attached hydrogens (tertiary/aromatic N) is 1. The van der Waals surface area contributed by atoms with E-state index in [4.69, 9.17) is 15.2 Å². The first-order valence-corrected chi connectivity index (χ1v) is 8.22. The monoisotopic (exact) mass is 384 g/mol. The number of hydrogen-bond acceptors (Lipinski definition) is 4. The number of alkyl halides is 2. The van der Waals surface area contributed by atoms with Crippen molar-refractivity contribution in [1.29, 1.82) is 0 Å². The van der Waals surface area contributed by atoms with Crippen molar-refractivity contribution < 1.29 is 18.3 Å². The Morgan fingerprint density at radius 3 is 2.50 bits per heavy atom. The van der Waals surface area contributed by atoms with Gasteiger partial charge in [-0.25, -0.2) is 0 Å². The van der Waals surface area contributed by atoms with E-state index in [2.05, 4.69) is 17.0 Å². The maximum Gasteiger partial charge on any atom is 0.387 e. The zero-order valence-electron chi connectivity index (χ0n) is 14.5. The number of ether oxygens (including phenoxy) is 2. The fraction of sp³-hybridized carbons (Fsp3) is 0.368. The van der Waals surface area contributed by atoms with E-state index in [0.717, 1.165) is 6.54 Å². The fourth-order valence-electron chi connectivity index (χ4n) is 3.41. The van der Waals surface area contributed by atoms with Gasteiger partial charge in [-0.3, -0.25) is 4.90 Å². The molecule has 1 fully saturated rings. The highest BCUT2D eigenvalue weighted by molar-refractivity contribution is 5.85. The molecule has 4 nitrogen and oxygen atoms in total. The van der Waals surface area contributed by atoms with Crippen LogP contribution in [-0.4, -0.2) is 37.8 Å². The Morgan fingerprint density at radius 1 is 1.12 bits per heavy atom. The predicted octanol–water partition coefficient (Wildman–Crippen LogP) is 3.65. The van der Waals surface area contributed by atoms with Gasteiger partial charge in [0.25, 0.3) is 0 Å². The maximum atomic E-state index is 12.8. The Morgan fingerprint density at radius 2 is 1.85 bits per heavy atom. The third-order valence-electron chi connectivity index (χ3n) is 4.55. The number of hydrogen-bond donors (Lipinski definition) is 1. The summed E-state index contributed by atoms with van der Waals surface area (Å²) < 4.78 is 35.4. The van der Waals surface area contributed by atoms with Gasteiger partial charge in [0.1, 0.15) is 0 Å². The van der Waals surface area contributed by atoms with E-state index < -0.39 is 6.61 Å². The van der Waals surface area contributed by atoms with Crippen LogP contribution in [0.1, 0.15) is 17.0 Å². The van der Waals surface area contributed by atoms with Gasteiger partial charge in [0.2, 0.25) is 0 Å². The van der Waals surface area contributed by atoms with Gasteiger partial charge in [-0.1, -0.05) is 42.5 Å². The summed E-state index contributed by atoms with van der Waals surface area (Å²) in [6, 6.07) is 15.3. The number of halogens is 3. The first-order valence-electron chi connectivity index (χ1n) is 8.22. The fourth-order valence-corrected chi connectivity index (χ4v) is 3.41. The second-order valence-corrected chi connectivity index (χ2v) is 6.20. The Labute approximate surface area is 158 Å². The minimum Gasteiger partial charge on any atom is -0.493 e. The van der Waals surface area contributed by atoms with Gasteiger partial charge < -0.3 is 15.2 Å². The molecule has 0 saturated carbocycles. The molecule has 0 spiro atoms. The lowest BCUT2D eigenvalue weighted by atomic mass is 9.95. The molecule has 0 amide bonds. The van der Waals surface area contributed by atoms with E-state index in [-0.39, 0.29) is 30.1 Å². The van der Waals surface area contributed by atoms with E-state index >= 15 is 0 Å². The molecular weight excluding hydrogens is 362 g/mol. The lowest BCUT2D eigenvalue weighted by molar-refractivity contribution is -0.0521. The van der Waals surface area contributed by atoms with Crippen molar-refractivity contribution in [2.24, 2.45) is 5.73 Å². The normalized spacial score (nSPS) is 20.0. The third kappa shape index (κ3) is 4.63. The first-order chi connectivity index (χ1) is 12.1. The summed E-state index contributed by atoms with van der Waals surface area (Å²) in [6.07, 6.45) is 0. The van der Waals surface area contributed by atoms with Gasteiger partial charge in [0.05, 0.1) is 7.11 Å². The SMILES string of the molecule is COc1cccc(CN2C[C@@H](N)[C@H](c3ccccc3)C2)c1OC(F)F.Cl. The van der Waals surface area contributed by atoms with E-state index in [1.165, 1.54) is 12.7 Å². The van der Waals surface area contributed by atoms with Crippen molar-refractivity contribution in [1.82, 2.24) is 4.90 Å². The molecule has 2 aromatic carbocycles. The zero-order valence-corrected chi connectivity index (χ0v) is 15.3. The van der Waals surface area contributed by atoms with Gasteiger partial charge >= 0.3 is 6.61 Å². The Bertz CT molecular complexity index is 703. The average Bonchev–Trinajstić information content (AvgIpc) is 2.97. The highest BCUT2D eigenvalue weighted by atomic mass is 35.5. The molecule has 2 N–H and O–H groups in total. The predicted molar refractivity (Wildman–Crippen MR) is 99.3 cm³/mol. The number of rotatable bonds is 6. The molecule has 0 radical (unpaired) electrons.